The third kappa shape index (κ3) is 5.91. The van der Waals surface area contributed by atoms with Gasteiger partial charge in [-0.05, 0) is 35.9 Å². The Bertz CT molecular complexity index is 808. The van der Waals surface area contributed by atoms with Crippen LogP contribution in [0.5, 0.6) is 11.6 Å². The number of ether oxygens (including phenoxy) is 2. The molecular formula is C15H15F3N2O4S. The Morgan fingerprint density at radius 2 is 1.84 bits per heavy atom. The fraction of sp³-hybridized carbons (Fsp3) is 0.267. The first-order chi connectivity index (χ1) is 11.7. The van der Waals surface area contributed by atoms with Crippen LogP contribution in [0.1, 0.15) is 5.56 Å². The molecule has 0 radical (unpaired) electrons. The summed E-state index contributed by atoms with van der Waals surface area (Å²) in [5.41, 5.74) is 0.407. The monoisotopic (exact) mass is 376 g/mol. The molecule has 1 heterocycles. The van der Waals surface area contributed by atoms with Gasteiger partial charge in [-0.2, -0.15) is 13.2 Å². The van der Waals surface area contributed by atoms with Gasteiger partial charge in [0.15, 0.2) is 6.61 Å². The van der Waals surface area contributed by atoms with E-state index in [0.29, 0.717) is 11.3 Å². The predicted octanol–water partition coefficient (Wildman–Crippen LogP) is 2.51. The van der Waals surface area contributed by atoms with Crippen LogP contribution in [-0.4, -0.2) is 33.3 Å². The molecule has 0 aliphatic heterocycles. The van der Waals surface area contributed by atoms with Gasteiger partial charge in [0, 0.05) is 18.8 Å². The minimum atomic E-state index is -4.48. The molecule has 25 heavy (non-hydrogen) atoms. The fourth-order valence-electron chi connectivity index (χ4n) is 1.81. The summed E-state index contributed by atoms with van der Waals surface area (Å²) >= 11 is 0. The summed E-state index contributed by atoms with van der Waals surface area (Å²) in [6.45, 7) is -1.60. The zero-order valence-electron chi connectivity index (χ0n) is 13.1. The van der Waals surface area contributed by atoms with Crippen molar-refractivity contribution in [3.8, 4) is 11.6 Å². The Labute approximate surface area is 142 Å². The Balaban J connectivity index is 2.02. The number of nitrogens with zero attached hydrogens (tertiary/aromatic N) is 1. The summed E-state index contributed by atoms with van der Waals surface area (Å²) in [5, 5.41) is 0. The lowest BCUT2D eigenvalue weighted by Gasteiger charge is -2.10. The van der Waals surface area contributed by atoms with Crippen molar-refractivity contribution in [2.45, 2.75) is 17.6 Å². The van der Waals surface area contributed by atoms with Crippen molar-refractivity contribution in [1.82, 2.24) is 9.71 Å². The van der Waals surface area contributed by atoms with E-state index >= 15 is 0 Å². The first kappa shape index (κ1) is 19.0. The second-order valence-electron chi connectivity index (χ2n) is 4.91. The summed E-state index contributed by atoms with van der Waals surface area (Å²) in [6, 6.07) is 8.48. The minimum Gasteiger partial charge on any atom is -0.497 e. The predicted molar refractivity (Wildman–Crippen MR) is 82.8 cm³/mol. The van der Waals surface area contributed by atoms with Gasteiger partial charge in [0.1, 0.15) is 5.75 Å². The lowest BCUT2D eigenvalue weighted by molar-refractivity contribution is -0.154. The van der Waals surface area contributed by atoms with Gasteiger partial charge in [0.2, 0.25) is 15.9 Å². The average molecular weight is 376 g/mol. The molecule has 0 spiro atoms. The molecule has 0 fully saturated rings. The van der Waals surface area contributed by atoms with E-state index in [1.807, 2.05) is 0 Å². The van der Waals surface area contributed by atoms with Crippen LogP contribution >= 0.6 is 0 Å². The second-order valence-corrected chi connectivity index (χ2v) is 6.67. The molecule has 1 aromatic carbocycles. The number of hydrogen-bond acceptors (Lipinski definition) is 5. The van der Waals surface area contributed by atoms with Crippen molar-refractivity contribution in [2.24, 2.45) is 0 Å². The van der Waals surface area contributed by atoms with E-state index in [4.69, 9.17) is 4.74 Å². The smallest absolute Gasteiger partial charge is 0.422 e. The molecule has 0 atom stereocenters. The van der Waals surface area contributed by atoms with Gasteiger partial charge in [-0.3, -0.25) is 0 Å². The summed E-state index contributed by atoms with van der Waals surface area (Å²) in [4.78, 5) is 3.69. The number of benzene rings is 1. The minimum absolute atomic E-state index is 0.0379. The summed E-state index contributed by atoms with van der Waals surface area (Å²) < 4.78 is 72.6. The van der Waals surface area contributed by atoms with Gasteiger partial charge >= 0.3 is 6.18 Å². The van der Waals surface area contributed by atoms with Crippen LogP contribution in [0.25, 0.3) is 0 Å². The topological polar surface area (TPSA) is 77.5 Å². The van der Waals surface area contributed by atoms with E-state index in [0.717, 1.165) is 0 Å². The first-order valence-corrected chi connectivity index (χ1v) is 8.46. The highest BCUT2D eigenvalue weighted by molar-refractivity contribution is 7.89. The molecule has 0 saturated carbocycles. The number of nitrogens with one attached hydrogen (secondary N) is 1. The lowest BCUT2D eigenvalue weighted by Crippen LogP contribution is -2.23. The highest BCUT2D eigenvalue weighted by Gasteiger charge is 2.28. The van der Waals surface area contributed by atoms with Crippen molar-refractivity contribution in [3.63, 3.8) is 0 Å². The largest absolute Gasteiger partial charge is 0.497 e. The SMILES string of the molecule is COc1ccc(S(=O)(=O)NCc2ccnc(OCC(F)(F)F)c2)cc1. The van der Waals surface area contributed by atoms with Gasteiger partial charge in [0.05, 0.1) is 12.0 Å². The molecule has 1 aromatic heterocycles. The van der Waals surface area contributed by atoms with Gasteiger partial charge < -0.3 is 9.47 Å². The number of pyridine rings is 1. The lowest BCUT2D eigenvalue weighted by atomic mass is 10.3. The van der Waals surface area contributed by atoms with Gasteiger partial charge in [-0.15, -0.1) is 0 Å². The van der Waals surface area contributed by atoms with E-state index in [2.05, 4.69) is 14.4 Å². The number of methoxy groups -OCH3 is 1. The number of sulfonamides is 1. The molecule has 6 nitrogen and oxygen atoms in total. The summed E-state index contributed by atoms with van der Waals surface area (Å²) in [7, 11) is -2.32. The van der Waals surface area contributed by atoms with Crippen molar-refractivity contribution < 1.29 is 31.1 Å². The maximum Gasteiger partial charge on any atom is 0.422 e. The van der Waals surface area contributed by atoms with Crippen LogP contribution in [0.3, 0.4) is 0 Å². The molecule has 0 bridgehead atoms. The molecule has 136 valence electrons. The summed E-state index contributed by atoms with van der Waals surface area (Å²) in [5.74, 6) is 0.276. The number of hydrogen-bond donors (Lipinski definition) is 1. The maximum absolute atomic E-state index is 12.2. The van der Waals surface area contributed by atoms with Crippen molar-refractivity contribution >= 4 is 10.0 Å². The molecule has 1 N–H and O–H groups in total. The van der Waals surface area contributed by atoms with Crippen molar-refractivity contribution in [1.29, 1.82) is 0 Å². The van der Waals surface area contributed by atoms with Gasteiger partial charge in [0.25, 0.3) is 0 Å². The number of alkyl halides is 3. The standard InChI is InChI=1S/C15H15F3N2O4S/c1-23-12-2-4-13(5-3-12)25(21,22)20-9-11-6-7-19-14(8-11)24-10-15(16,17)18/h2-8,20H,9-10H2,1H3. The van der Waals surface area contributed by atoms with E-state index in [9.17, 15) is 21.6 Å². The molecule has 0 saturated heterocycles. The van der Waals surface area contributed by atoms with E-state index in [-0.39, 0.29) is 17.3 Å². The molecule has 2 aromatic rings. The van der Waals surface area contributed by atoms with Gasteiger partial charge in [-0.25, -0.2) is 18.1 Å². The molecule has 10 heteroatoms. The highest BCUT2D eigenvalue weighted by atomic mass is 32.2. The molecule has 0 unspecified atom stereocenters. The van der Waals surface area contributed by atoms with Crippen LogP contribution in [0, 0.1) is 0 Å². The van der Waals surface area contributed by atoms with E-state index in [1.165, 1.54) is 49.7 Å². The zero-order chi connectivity index (χ0) is 18.5. The molecule has 0 amide bonds. The molecule has 2 rings (SSSR count). The normalized spacial score (nSPS) is 12.0. The molecule has 0 aliphatic rings. The number of aromatic nitrogens is 1. The fourth-order valence-corrected chi connectivity index (χ4v) is 2.83. The number of halogens is 3. The van der Waals surface area contributed by atoms with Crippen LogP contribution in [0.2, 0.25) is 0 Å². The third-order valence-electron chi connectivity index (χ3n) is 3.02. The Morgan fingerprint density at radius 1 is 1.16 bits per heavy atom. The quantitative estimate of drug-likeness (QED) is 0.804. The van der Waals surface area contributed by atoms with Crippen molar-refractivity contribution in [3.05, 3.63) is 48.2 Å². The van der Waals surface area contributed by atoms with Crippen LogP contribution < -0.4 is 14.2 Å². The van der Waals surface area contributed by atoms with E-state index < -0.39 is 22.8 Å². The van der Waals surface area contributed by atoms with Gasteiger partial charge in [-0.1, -0.05) is 0 Å². The van der Waals surface area contributed by atoms with Crippen LogP contribution in [0.15, 0.2) is 47.5 Å². The van der Waals surface area contributed by atoms with E-state index in [1.54, 1.807) is 0 Å². The second kappa shape index (κ2) is 7.70. The molecule has 0 aliphatic carbocycles. The van der Waals surface area contributed by atoms with Crippen LogP contribution in [0.4, 0.5) is 13.2 Å². The average Bonchev–Trinajstić information content (AvgIpc) is 2.58. The maximum atomic E-state index is 12.2. The summed E-state index contributed by atoms with van der Waals surface area (Å²) in [6.07, 6.45) is -3.24. The number of rotatable bonds is 7. The Kier molecular flexibility index (Phi) is 5.85. The highest BCUT2D eigenvalue weighted by Crippen LogP contribution is 2.18. The zero-order valence-corrected chi connectivity index (χ0v) is 13.9. The first-order valence-electron chi connectivity index (χ1n) is 6.98. The Morgan fingerprint density at radius 3 is 2.44 bits per heavy atom. The Hall–Kier alpha value is -2.33. The third-order valence-corrected chi connectivity index (χ3v) is 4.44. The van der Waals surface area contributed by atoms with Crippen LogP contribution in [-0.2, 0) is 16.6 Å². The molecular weight excluding hydrogens is 361 g/mol. The van der Waals surface area contributed by atoms with Crippen molar-refractivity contribution in [2.75, 3.05) is 13.7 Å².